The van der Waals surface area contributed by atoms with Crippen molar-refractivity contribution in [2.75, 3.05) is 0 Å². The van der Waals surface area contributed by atoms with Crippen LogP contribution in [0.15, 0.2) is 21.8 Å². The van der Waals surface area contributed by atoms with Gasteiger partial charge in [0.25, 0.3) is 5.56 Å². The Bertz CT molecular complexity index is 600. The van der Waals surface area contributed by atoms with Gasteiger partial charge in [-0.05, 0) is 21.8 Å². The maximum atomic E-state index is 11.8. The predicted octanol–water partition coefficient (Wildman–Crippen LogP) is 2.06. The molecule has 5 nitrogen and oxygen atoms in total. The molecule has 1 N–H and O–H groups in total. The summed E-state index contributed by atoms with van der Waals surface area (Å²) >= 11 is 3.27. The van der Waals surface area contributed by atoms with Gasteiger partial charge in [-0.2, -0.15) is 0 Å². The number of imidazole rings is 1. The van der Waals surface area contributed by atoms with E-state index in [4.69, 9.17) is 0 Å². The Hall–Kier alpha value is -1.43. The molecule has 0 unspecified atom stereocenters. The molecule has 6 heteroatoms. The highest BCUT2D eigenvalue weighted by Crippen LogP contribution is 2.21. The first-order valence-corrected chi connectivity index (χ1v) is 6.06. The van der Waals surface area contributed by atoms with Crippen molar-refractivity contribution in [3.05, 3.63) is 33.0 Å². The average molecular weight is 297 g/mol. The Morgan fingerprint density at radius 3 is 2.71 bits per heavy atom. The van der Waals surface area contributed by atoms with Gasteiger partial charge in [-0.25, -0.2) is 9.97 Å². The van der Waals surface area contributed by atoms with Gasteiger partial charge in [0, 0.05) is 7.05 Å². The molecule has 0 fully saturated rings. The Balaban J connectivity index is 2.66. The van der Waals surface area contributed by atoms with E-state index in [-0.39, 0.29) is 11.5 Å². The van der Waals surface area contributed by atoms with Gasteiger partial charge in [0.05, 0.1) is 18.2 Å². The average Bonchev–Trinajstić information content (AvgIpc) is 2.68. The third kappa shape index (κ3) is 2.17. The molecule has 2 heterocycles. The van der Waals surface area contributed by atoms with Gasteiger partial charge in [-0.1, -0.05) is 13.8 Å². The lowest BCUT2D eigenvalue weighted by atomic mass is 10.1. The molecule has 0 bridgehead atoms. The molecule has 90 valence electrons. The van der Waals surface area contributed by atoms with Gasteiger partial charge < -0.3 is 9.55 Å². The number of aromatic amines is 1. The highest BCUT2D eigenvalue weighted by atomic mass is 79.9. The van der Waals surface area contributed by atoms with E-state index in [2.05, 4.69) is 30.9 Å². The van der Waals surface area contributed by atoms with E-state index in [1.807, 2.05) is 25.5 Å². The fourth-order valence-electron chi connectivity index (χ4n) is 1.57. The van der Waals surface area contributed by atoms with Crippen molar-refractivity contribution in [3.63, 3.8) is 0 Å². The van der Waals surface area contributed by atoms with Crippen LogP contribution in [0.5, 0.6) is 0 Å². The van der Waals surface area contributed by atoms with Gasteiger partial charge in [0.1, 0.15) is 10.2 Å². The topological polar surface area (TPSA) is 63.6 Å². The zero-order chi connectivity index (χ0) is 12.6. The molecule has 0 aliphatic rings. The maximum absolute atomic E-state index is 11.8. The summed E-state index contributed by atoms with van der Waals surface area (Å²) in [6.07, 6.45) is 3.35. The van der Waals surface area contributed by atoms with E-state index in [0.29, 0.717) is 10.3 Å². The fourth-order valence-corrected chi connectivity index (χ4v) is 2.21. The van der Waals surface area contributed by atoms with Gasteiger partial charge in [0.15, 0.2) is 5.82 Å². The molecule has 0 atom stereocenters. The fraction of sp³-hybridized carbons (Fsp3) is 0.364. The number of rotatable bonds is 2. The summed E-state index contributed by atoms with van der Waals surface area (Å²) in [5, 5.41) is 0. The molecule has 0 radical (unpaired) electrons. The molecule has 2 rings (SSSR count). The second kappa shape index (κ2) is 4.44. The van der Waals surface area contributed by atoms with Crippen LogP contribution in [0.3, 0.4) is 0 Å². The van der Waals surface area contributed by atoms with Gasteiger partial charge in [-0.15, -0.1) is 0 Å². The van der Waals surface area contributed by atoms with Crippen molar-refractivity contribution in [1.29, 1.82) is 0 Å². The number of nitrogens with one attached hydrogen (secondary N) is 1. The highest BCUT2D eigenvalue weighted by molar-refractivity contribution is 9.10. The summed E-state index contributed by atoms with van der Waals surface area (Å²) in [4.78, 5) is 23.0. The molecule has 0 spiro atoms. The monoisotopic (exact) mass is 296 g/mol. The van der Waals surface area contributed by atoms with Crippen molar-refractivity contribution in [2.45, 2.75) is 19.8 Å². The summed E-state index contributed by atoms with van der Waals surface area (Å²) in [5.74, 6) is 0.723. The lowest BCUT2D eigenvalue weighted by Gasteiger charge is -2.09. The third-order valence-corrected chi connectivity index (χ3v) is 3.26. The van der Waals surface area contributed by atoms with Crippen molar-refractivity contribution in [2.24, 2.45) is 7.05 Å². The number of aryl methyl sites for hydroxylation is 1. The van der Waals surface area contributed by atoms with Gasteiger partial charge >= 0.3 is 0 Å². The van der Waals surface area contributed by atoms with Crippen LogP contribution in [-0.2, 0) is 7.05 Å². The van der Waals surface area contributed by atoms with Crippen LogP contribution in [-0.4, -0.2) is 19.5 Å². The summed E-state index contributed by atoms with van der Waals surface area (Å²) < 4.78 is 2.31. The van der Waals surface area contributed by atoms with E-state index in [1.165, 1.54) is 0 Å². The summed E-state index contributed by atoms with van der Waals surface area (Å²) in [6, 6.07) is 0. The molecule has 0 amide bonds. The normalized spacial score (nSPS) is 11.1. The van der Waals surface area contributed by atoms with Crippen molar-refractivity contribution < 1.29 is 0 Å². The first-order valence-electron chi connectivity index (χ1n) is 5.27. The molecular weight excluding hydrogens is 284 g/mol. The summed E-state index contributed by atoms with van der Waals surface area (Å²) in [5.41, 5.74) is 1.38. The first kappa shape index (κ1) is 12.0. The molecule has 2 aromatic rings. The number of hydrogen-bond donors (Lipinski definition) is 1. The lowest BCUT2D eigenvalue weighted by Crippen LogP contribution is -2.15. The summed E-state index contributed by atoms with van der Waals surface area (Å²) in [6.45, 7) is 4.00. The Kier molecular flexibility index (Phi) is 3.15. The van der Waals surface area contributed by atoms with Crippen molar-refractivity contribution >= 4 is 15.9 Å². The van der Waals surface area contributed by atoms with Crippen LogP contribution in [0.2, 0.25) is 0 Å². The molecule has 17 heavy (non-hydrogen) atoms. The van der Waals surface area contributed by atoms with Gasteiger partial charge in [0.2, 0.25) is 0 Å². The van der Waals surface area contributed by atoms with Crippen LogP contribution < -0.4 is 5.56 Å². The lowest BCUT2D eigenvalue weighted by molar-refractivity contribution is 0.798. The highest BCUT2D eigenvalue weighted by Gasteiger charge is 2.14. The predicted molar refractivity (Wildman–Crippen MR) is 68.8 cm³/mol. The van der Waals surface area contributed by atoms with E-state index >= 15 is 0 Å². The van der Waals surface area contributed by atoms with Crippen LogP contribution in [0, 0.1) is 0 Å². The Labute approximate surface area is 107 Å². The largest absolute Gasteiger partial charge is 0.331 e. The van der Waals surface area contributed by atoms with Crippen molar-refractivity contribution in [3.8, 4) is 11.5 Å². The minimum absolute atomic E-state index is 0.167. The smallest absolute Gasteiger partial charge is 0.265 e. The zero-order valence-corrected chi connectivity index (χ0v) is 11.4. The van der Waals surface area contributed by atoms with E-state index in [0.717, 1.165) is 11.4 Å². The molecule has 0 saturated carbocycles. The van der Waals surface area contributed by atoms with E-state index < -0.39 is 0 Å². The summed E-state index contributed by atoms with van der Waals surface area (Å²) in [7, 11) is 1.86. The SMILES string of the molecule is CC(C)c1nc(-c2cncn2C)[nH]c(=O)c1Br. The molecule has 2 aromatic heterocycles. The molecule has 0 aliphatic heterocycles. The molecule has 0 aromatic carbocycles. The standard InChI is InChI=1S/C11H13BrN4O/c1-6(2)9-8(12)11(17)15-10(14-9)7-4-13-5-16(7)3/h4-6H,1-3H3,(H,14,15,17). The van der Waals surface area contributed by atoms with Crippen LogP contribution >= 0.6 is 15.9 Å². The van der Waals surface area contributed by atoms with E-state index in [9.17, 15) is 4.79 Å². The Morgan fingerprint density at radius 1 is 1.47 bits per heavy atom. The van der Waals surface area contributed by atoms with Crippen LogP contribution in [0.4, 0.5) is 0 Å². The van der Waals surface area contributed by atoms with Gasteiger partial charge in [-0.3, -0.25) is 4.79 Å². The second-order valence-corrected chi connectivity index (χ2v) is 4.95. The zero-order valence-electron chi connectivity index (χ0n) is 9.86. The van der Waals surface area contributed by atoms with E-state index in [1.54, 1.807) is 12.5 Å². The Morgan fingerprint density at radius 2 is 2.18 bits per heavy atom. The molecule has 0 aliphatic carbocycles. The second-order valence-electron chi connectivity index (χ2n) is 4.16. The number of nitrogens with zero attached hydrogens (tertiary/aromatic N) is 3. The minimum Gasteiger partial charge on any atom is -0.331 e. The third-order valence-electron chi connectivity index (χ3n) is 2.49. The van der Waals surface area contributed by atoms with Crippen molar-refractivity contribution in [1.82, 2.24) is 19.5 Å². The maximum Gasteiger partial charge on any atom is 0.265 e. The minimum atomic E-state index is -0.167. The van der Waals surface area contributed by atoms with Crippen LogP contribution in [0.1, 0.15) is 25.5 Å². The number of halogens is 1. The van der Waals surface area contributed by atoms with Crippen LogP contribution in [0.25, 0.3) is 11.5 Å². The number of aromatic nitrogens is 4. The quantitative estimate of drug-likeness (QED) is 0.922. The number of H-pyrrole nitrogens is 1. The molecule has 0 saturated heterocycles. The number of hydrogen-bond acceptors (Lipinski definition) is 3. The molecular formula is C11H13BrN4O. The first-order chi connectivity index (χ1) is 8.00.